The Morgan fingerprint density at radius 2 is 2.21 bits per heavy atom. The van der Waals surface area contributed by atoms with Crippen LogP contribution in [-0.2, 0) is 19.4 Å². The average molecular weight is 283 g/mol. The van der Waals surface area contributed by atoms with Crippen molar-refractivity contribution in [2.45, 2.75) is 46.3 Å². The molecule has 0 spiro atoms. The Morgan fingerprint density at radius 3 is 2.84 bits per heavy atom. The van der Waals surface area contributed by atoms with E-state index in [9.17, 15) is 5.11 Å². The zero-order valence-electron chi connectivity index (χ0n) is 11.5. The number of furan rings is 1. The van der Waals surface area contributed by atoms with Gasteiger partial charge in [0.05, 0.1) is 28.8 Å². The minimum atomic E-state index is -0.618. The van der Waals surface area contributed by atoms with Gasteiger partial charge in [-0.25, -0.2) is 0 Å². The summed E-state index contributed by atoms with van der Waals surface area (Å²) in [7, 11) is 0. The van der Waals surface area contributed by atoms with E-state index in [1.54, 1.807) is 6.26 Å². The zero-order valence-corrected chi connectivity index (χ0v) is 12.2. The predicted molar refractivity (Wildman–Crippen MR) is 74.4 cm³/mol. The minimum Gasteiger partial charge on any atom is -0.469 e. The molecule has 0 amide bonds. The molecule has 2 aromatic rings. The highest BCUT2D eigenvalue weighted by atomic mass is 35.5. The maximum atomic E-state index is 10.4. The fourth-order valence-corrected chi connectivity index (χ4v) is 2.50. The van der Waals surface area contributed by atoms with E-state index >= 15 is 0 Å². The number of aliphatic hydroxyl groups is 1. The van der Waals surface area contributed by atoms with Crippen LogP contribution in [-0.4, -0.2) is 14.9 Å². The minimum absolute atomic E-state index is 0.444. The molecule has 0 fully saturated rings. The summed E-state index contributed by atoms with van der Waals surface area (Å²) in [5, 5.41) is 15.4. The van der Waals surface area contributed by atoms with Gasteiger partial charge >= 0.3 is 0 Å². The van der Waals surface area contributed by atoms with Crippen molar-refractivity contribution in [3.8, 4) is 0 Å². The quantitative estimate of drug-likeness (QED) is 0.915. The molecule has 5 heteroatoms. The van der Waals surface area contributed by atoms with E-state index < -0.39 is 6.10 Å². The highest BCUT2D eigenvalue weighted by Crippen LogP contribution is 2.28. The maximum absolute atomic E-state index is 10.4. The lowest BCUT2D eigenvalue weighted by Crippen LogP contribution is -2.09. The lowest BCUT2D eigenvalue weighted by atomic mass is 10.0. The molecule has 0 saturated heterocycles. The molecule has 19 heavy (non-hydrogen) atoms. The van der Waals surface area contributed by atoms with Gasteiger partial charge in [-0.2, -0.15) is 5.10 Å². The molecule has 1 N–H and O–H groups in total. The van der Waals surface area contributed by atoms with E-state index in [1.165, 1.54) is 0 Å². The Labute approximate surface area is 118 Å². The monoisotopic (exact) mass is 282 g/mol. The van der Waals surface area contributed by atoms with Crippen LogP contribution in [0.1, 0.15) is 42.7 Å². The van der Waals surface area contributed by atoms with E-state index in [0.29, 0.717) is 11.4 Å². The molecular weight excluding hydrogens is 264 g/mol. The first-order valence-electron chi connectivity index (χ1n) is 6.54. The summed E-state index contributed by atoms with van der Waals surface area (Å²) in [6, 6.07) is 1.82. The van der Waals surface area contributed by atoms with Crippen molar-refractivity contribution < 1.29 is 9.52 Å². The predicted octanol–water partition coefficient (Wildman–Crippen LogP) is 3.30. The van der Waals surface area contributed by atoms with Crippen molar-refractivity contribution >= 4 is 11.6 Å². The van der Waals surface area contributed by atoms with Crippen molar-refractivity contribution in [2.24, 2.45) is 0 Å². The third-order valence-electron chi connectivity index (χ3n) is 3.30. The van der Waals surface area contributed by atoms with E-state index in [2.05, 4.69) is 5.10 Å². The number of nitrogens with zero attached hydrogens (tertiary/aromatic N) is 2. The number of hydrogen-bond acceptors (Lipinski definition) is 3. The number of aryl methyl sites for hydroxylation is 3. The molecule has 2 aromatic heterocycles. The first-order valence-corrected chi connectivity index (χ1v) is 6.92. The van der Waals surface area contributed by atoms with Gasteiger partial charge < -0.3 is 9.52 Å². The molecular formula is C14H19ClN2O2. The summed E-state index contributed by atoms with van der Waals surface area (Å²) < 4.78 is 7.19. The van der Waals surface area contributed by atoms with Gasteiger partial charge in [-0.1, -0.05) is 18.5 Å². The standard InChI is InChI=1S/C14H19ClN2O2/c1-4-13-10(6-7-19-13)12(18)8-11-14(15)9(3)16-17(11)5-2/h6-7,12,18H,4-5,8H2,1-3H3. The maximum Gasteiger partial charge on any atom is 0.109 e. The zero-order chi connectivity index (χ0) is 14.0. The summed E-state index contributed by atoms with van der Waals surface area (Å²) in [6.45, 7) is 6.62. The second-order valence-corrected chi connectivity index (χ2v) is 4.91. The Hall–Kier alpha value is -1.26. The Balaban J connectivity index is 2.26. The van der Waals surface area contributed by atoms with Crippen molar-refractivity contribution in [2.75, 3.05) is 0 Å². The molecule has 0 saturated carbocycles. The Bertz CT molecular complexity index is 560. The number of aromatic nitrogens is 2. The van der Waals surface area contributed by atoms with Crippen LogP contribution in [0.2, 0.25) is 5.02 Å². The van der Waals surface area contributed by atoms with Crippen LogP contribution in [0.25, 0.3) is 0 Å². The summed E-state index contributed by atoms with van der Waals surface area (Å²) in [4.78, 5) is 0. The van der Waals surface area contributed by atoms with E-state index in [4.69, 9.17) is 16.0 Å². The molecule has 0 aliphatic carbocycles. The second-order valence-electron chi connectivity index (χ2n) is 4.53. The normalized spacial score (nSPS) is 12.9. The summed E-state index contributed by atoms with van der Waals surface area (Å²) in [5.74, 6) is 0.822. The van der Waals surface area contributed by atoms with Crippen LogP contribution in [0.3, 0.4) is 0 Å². The lowest BCUT2D eigenvalue weighted by Gasteiger charge is -2.12. The topological polar surface area (TPSA) is 51.2 Å². The largest absolute Gasteiger partial charge is 0.469 e. The third kappa shape index (κ3) is 2.69. The molecule has 0 radical (unpaired) electrons. The van der Waals surface area contributed by atoms with Crippen molar-refractivity contribution in [3.63, 3.8) is 0 Å². The molecule has 4 nitrogen and oxygen atoms in total. The molecule has 2 rings (SSSR count). The molecule has 1 unspecified atom stereocenters. The van der Waals surface area contributed by atoms with Crippen LogP contribution < -0.4 is 0 Å². The molecule has 0 aromatic carbocycles. The molecule has 1 atom stereocenters. The smallest absolute Gasteiger partial charge is 0.109 e. The van der Waals surface area contributed by atoms with Gasteiger partial charge in [0.25, 0.3) is 0 Å². The SMILES string of the molecule is CCc1occc1C(O)Cc1c(Cl)c(C)nn1CC. The van der Waals surface area contributed by atoms with Gasteiger partial charge in [0, 0.05) is 24.9 Å². The fourth-order valence-electron chi connectivity index (χ4n) is 2.29. The van der Waals surface area contributed by atoms with E-state index in [-0.39, 0.29) is 0 Å². The number of hydrogen-bond donors (Lipinski definition) is 1. The highest BCUT2D eigenvalue weighted by molar-refractivity contribution is 6.31. The third-order valence-corrected chi connectivity index (χ3v) is 3.79. The fraction of sp³-hybridized carbons (Fsp3) is 0.500. The summed E-state index contributed by atoms with van der Waals surface area (Å²) in [6.07, 6.45) is 2.20. The van der Waals surface area contributed by atoms with Crippen LogP contribution in [0.5, 0.6) is 0 Å². The molecule has 0 bridgehead atoms. The van der Waals surface area contributed by atoms with Gasteiger partial charge in [-0.15, -0.1) is 0 Å². The lowest BCUT2D eigenvalue weighted by molar-refractivity contribution is 0.173. The van der Waals surface area contributed by atoms with E-state index in [1.807, 2.05) is 31.5 Å². The average Bonchev–Trinajstić information content (AvgIpc) is 2.98. The highest BCUT2D eigenvalue weighted by Gasteiger charge is 2.20. The van der Waals surface area contributed by atoms with Gasteiger partial charge in [0.2, 0.25) is 0 Å². The first kappa shape index (κ1) is 14.2. The van der Waals surface area contributed by atoms with Crippen LogP contribution in [0, 0.1) is 6.92 Å². The first-order chi connectivity index (χ1) is 9.08. The van der Waals surface area contributed by atoms with Crippen molar-refractivity contribution in [3.05, 3.63) is 40.1 Å². The molecule has 104 valence electrons. The van der Waals surface area contributed by atoms with Crippen molar-refractivity contribution in [1.82, 2.24) is 9.78 Å². The number of aliphatic hydroxyl groups excluding tert-OH is 1. The van der Waals surface area contributed by atoms with Gasteiger partial charge in [-0.05, 0) is 19.9 Å². The van der Waals surface area contributed by atoms with Gasteiger partial charge in [0.15, 0.2) is 0 Å². The Morgan fingerprint density at radius 1 is 1.47 bits per heavy atom. The number of rotatable bonds is 5. The molecule has 2 heterocycles. The van der Waals surface area contributed by atoms with Gasteiger partial charge in [0.1, 0.15) is 5.76 Å². The Kier molecular flexibility index (Phi) is 4.32. The van der Waals surface area contributed by atoms with Crippen LogP contribution >= 0.6 is 11.6 Å². The number of halogens is 1. The van der Waals surface area contributed by atoms with Crippen LogP contribution in [0.4, 0.5) is 0 Å². The molecule has 0 aliphatic heterocycles. The summed E-state index contributed by atoms with van der Waals surface area (Å²) in [5.41, 5.74) is 2.51. The van der Waals surface area contributed by atoms with Crippen molar-refractivity contribution in [1.29, 1.82) is 0 Å². The second kappa shape index (κ2) is 5.80. The van der Waals surface area contributed by atoms with Crippen LogP contribution in [0.15, 0.2) is 16.7 Å². The summed E-state index contributed by atoms with van der Waals surface area (Å²) >= 11 is 6.25. The van der Waals surface area contributed by atoms with E-state index in [0.717, 1.165) is 35.7 Å². The van der Waals surface area contributed by atoms with Gasteiger partial charge in [-0.3, -0.25) is 4.68 Å². The molecule has 0 aliphatic rings.